The molecule has 3 aromatic carbocycles. The Balaban J connectivity index is 1.44. The monoisotopic (exact) mass is 355 g/mol. The number of hydrogen-bond acceptors (Lipinski definition) is 4. The Labute approximate surface area is 156 Å². The Morgan fingerprint density at radius 3 is 2.19 bits per heavy atom. The SMILES string of the molecule is O=C(NCc1nnc(-c2ccccc2)o1)c1cccc(-c2ccccc2)c1. The van der Waals surface area contributed by atoms with Crippen molar-refractivity contribution in [3.63, 3.8) is 0 Å². The van der Waals surface area contributed by atoms with Gasteiger partial charge in [-0.2, -0.15) is 0 Å². The molecule has 4 rings (SSSR count). The van der Waals surface area contributed by atoms with Crippen LogP contribution in [0.1, 0.15) is 16.2 Å². The van der Waals surface area contributed by atoms with E-state index in [1.165, 1.54) is 0 Å². The molecule has 0 aliphatic carbocycles. The van der Waals surface area contributed by atoms with Gasteiger partial charge in [-0.3, -0.25) is 4.79 Å². The third kappa shape index (κ3) is 3.93. The average molecular weight is 355 g/mol. The Hall–Kier alpha value is -3.73. The summed E-state index contributed by atoms with van der Waals surface area (Å²) in [7, 11) is 0. The van der Waals surface area contributed by atoms with Gasteiger partial charge in [0.25, 0.3) is 5.91 Å². The molecular weight excluding hydrogens is 338 g/mol. The van der Waals surface area contributed by atoms with Crippen molar-refractivity contribution in [2.45, 2.75) is 6.54 Å². The molecule has 0 fully saturated rings. The largest absolute Gasteiger partial charge is 0.419 e. The van der Waals surface area contributed by atoms with Crippen LogP contribution in [-0.4, -0.2) is 16.1 Å². The first kappa shape index (κ1) is 16.7. The maximum atomic E-state index is 12.5. The number of rotatable bonds is 5. The minimum Gasteiger partial charge on any atom is -0.419 e. The first-order chi connectivity index (χ1) is 13.3. The molecule has 5 heteroatoms. The zero-order valence-corrected chi connectivity index (χ0v) is 14.5. The summed E-state index contributed by atoms with van der Waals surface area (Å²) in [5, 5.41) is 10.8. The van der Waals surface area contributed by atoms with Crippen LogP contribution in [0.2, 0.25) is 0 Å². The minimum atomic E-state index is -0.188. The number of carbonyl (C=O) groups excluding carboxylic acids is 1. The second-order valence-corrected chi connectivity index (χ2v) is 6.00. The number of nitrogens with one attached hydrogen (secondary N) is 1. The lowest BCUT2D eigenvalue weighted by molar-refractivity contribution is 0.0947. The van der Waals surface area contributed by atoms with Crippen LogP contribution >= 0.6 is 0 Å². The fourth-order valence-electron chi connectivity index (χ4n) is 2.75. The third-order valence-corrected chi connectivity index (χ3v) is 4.12. The molecule has 132 valence electrons. The second kappa shape index (κ2) is 7.66. The Bertz CT molecular complexity index is 1040. The predicted molar refractivity (Wildman–Crippen MR) is 103 cm³/mol. The molecule has 0 aliphatic heterocycles. The fourth-order valence-corrected chi connectivity index (χ4v) is 2.75. The van der Waals surface area contributed by atoms with Crippen molar-refractivity contribution < 1.29 is 9.21 Å². The molecule has 0 spiro atoms. The van der Waals surface area contributed by atoms with E-state index in [-0.39, 0.29) is 12.5 Å². The summed E-state index contributed by atoms with van der Waals surface area (Å²) >= 11 is 0. The zero-order valence-electron chi connectivity index (χ0n) is 14.5. The van der Waals surface area contributed by atoms with Gasteiger partial charge in [0.1, 0.15) is 0 Å². The summed E-state index contributed by atoms with van der Waals surface area (Å²) in [4.78, 5) is 12.5. The number of hydrogen-bond donors (Lipinski definition) is 1. The summed E-state index contributed by atoms with van der Waals surface area (Å²) < 4.78 is 5.61. The summed E-state index contributed by atoms with van der Waals surface area (Å²) in [5.41, 5.74) is 3.49. The number of carbonyl (C=O) groups is 1. The van der Waals surface area contributed by atoms with Crippen LogP contribution in [0.15, 0.2) is 89.3 Å². The quantitative estimate of drug-likeness (QED) is 0.578. The van der Waals surface area contributed by atoms with E-state index in [2.05, 4.69) is 15.5 Å². The van der Waals surface area contributed by atoms with Crippen LogP contribution in [-0.2, 0) is 6.54 Å². The lowest BCUT2D eigenvalue weighted by Gasteiger charge is -2.06. The lowest BCUT2D eigenvalue weighted by Crippen LogP contribution is -2.22. The average Bonchev–Trinajstić information content (AvgIpc) is 3.22. The molecule has 0 aliphatic rings. The molecule has 1 amide bonds. The Morgan fingerprint density at radius 2 is 1.44 bits per heavy atom. The van der Waals surface area contributed by atoms with Crippen LogP contribution in [0.25, 0.3) is 22.6 Å². The summed E-state index contributed by atoms with van der Waals surface area (Å²) in [6, 6.07) is 27.0. The van der Waals surface area contributed by atoms with Crippen molar-refractivity contribution in [1.82, 2.24) is 15.5 Å². The van der Waals surface area contributed by atoms with Crippen molar-refractivity contribution in [3.05, 3.63) is 96.4 Å². The zero-order chi connectivity index (χ0) is 18.5. The molecule has 0 saturated carbocycles. The first-order valence-electron chi connectivity index (χ1n) is 8.61. The number of nitrogens with zero attached hydrogens (tertiary/aromatic N) is 2. The molecule has 0 saturated heterocycles. The normalized spacial score (nSPS) is 10.5. The smallest absolute Gasteiger partial charge is 0.251 e. The van der Waals surface area contributed by atoms with Gasteiger partial charge in [-0.15, -0.1) is 10.2 Å². The van der Waals surface area contributed by atoms with Crippen LogP contribution in [0.4, 0.5) is 0 Å². The summed E-state index contributed by atoms with van der Waals surface area (Å²) in [6.07, 6.45) is 0. The van der Waals surface area contributed by atoms with Crippen molar-refractivity contribution in [2.24, 2.45) is 0 Å². The highest BCUT2D eigenvalue weighted by Crippen LogP contribution is 2.20. The summed E-state index contributed by atoms with van der Waals surface area (Å²) in [6.45, 7) is 0.175. The van der Waals surface area contributed by atoms with Gasteiger partial charge in [-0.25, -0.2) is 0 Å². The van der Waals surface area contributed by atoms with E-state index in [1.807, 2.05) is 78.9 Å². The number of amides is 1. The van der Waals surface area contributed by atoms with Gasteiger partial charge in [0.05, 0.1) is 6.54 Å². The molecule has 1 N–H and O–H groups in total. The van der Waals surface area contributed by atoms with Gasteiger partial charge in [0, 0.05) is 11.1 Å². The van der Waals surface area contributed by atoms with Crippen molar-refractivity contribution >= 4 is 5.91 Å². The standard InChI is InChI=1S/C22H17N3O2/c26-21(19-13-7-12-18(14-19)16-8-3-1-4-9-16)23-15-20-24-25-22(27-20)17-10-5-2-6-11-17/h1-14H,15H2,(H,23,26). The van der Waals surface area contributed by atoms with E-state index in [0.717, 1.165) is 16.7 Å². The van der Waals surface area contributed by atoms with E-state index >= 15 is 0 Å². The molecule has 0 bridgehead atoms. The van der Waals surface area contributed by atoms with Crippen molar-refractivity contribution in [1.29, 1.82) is 0 Å². The van der Waals surface area contributed by atoms with E-state index in [0.29, 0.717) is 17.3 Å². The highest BCUT2D eigenvalue weighted by Gasteiger charge is 2.11. The molecule has 1 aromatic heterocycles. The molecule has 4 aromatic rings. The first-order valence-corrected chi connectivity index (χ1v) is 8.61. The fraction of sp³-hybridized carbons (Fsp3) is 0.0455. The van der Waals surface area contributed by atoms with E-state index in [1.54, 1.807) is 6.07 Å². The topological polar surface area (TPSA) is 68.0 Å². The number of aromatic nitrogens is 2. The molecule has 0 radical (unpaired) electrons. The molecule has 0 unspecified atom stereocenters. The molecule has 1 heterocycles. The third-order valence-electron chi connectivity index (χ3n) is 4.12. The van der Waals surface area contributed by atoms with Gasteiger partial charge in [-0.05, 0) is 35.4 Å². The summed E-state index contributed by atoms with van der Waals surface area (Å²) in [5.74, 6) is 0.611. The highest BCUT2D eigenvalue weighted by molar-refractivity contribution is 5.95. The van der Waals surface area contributed by atoms with Crippen molar-refractivity contribution in [3.8, 4) is 22.6 Å². The molecular formula is C22H17N3O2. The molecule has 5 nitrogen and oxygen atoms in total. The van der Waals surface area contributed by atoms with Gasteiger partial charge in [0.15, 0.2) is 0 Å². The minimum absolute atomic E-state index is 0.175. The van der Waals surface area contributed by atoms with Crippen LogP contribution in [0.5, 0.6) is 0 Å². The highest BCUT2D eigenvalue weighted by atomic mass is 16.4. The maximum absolute atomic E-state index is 12.5. The van der Waals surface area contributed by atoms with Crippen LogP contribution in [0, 0.1) is 0 Å². The molecule has 27 heavy (non-hydrogen) atoms. The number of benzene rings is 3. The predicted octanol–water partition coefficient (Wildman–Crippen LogP) is 4.33. The lowest BCUT2D eigenvalue weighted by atomic mass is 10.0. The second-order valence-electron chi connectivity index (χ2n) is 6.00. The molecule has 0 atom stereocenters. The van der Waals surface area contributed by atoms with Gasteiger partial charge < -0.3 is 9.73 Å². The van der Waals surface area contributed by atoms with Gasteiger partial charge >= 0.3 is 0 Å². The van der Waals surface area contributed by atoms with Crippen LogP contribution < -0.4 is 5.32 Å². The van der Waals surface area contributed by atoms with Gasteiger partial charge in [-0.1, -0.05) is 60.7 Å². The Morgan fingerprint density at radius 1 is 0.778 bits per heavy atom. The maximum Gasteiger partial charge on any atom is 0.251 e. The van der Waals surface area contributed by atoms with E-state index < -0.39 is 0 Å². The van der Waals surface area contributed by atoms with E-state index in [9.17, 15) is 4.79 Å². The van der Waals surface area contributed by atoms with E-state index in [4.69, 9.17) is 4.42 Å². The van der Waals surface area contributed by atoms with Crippen LogP contribution in [0.3, 0.4) is 0 Å². The van der Waals surface area contributed by atoms with Crippen molar-refractivity contribution in [2.75, 3.05) is 0 Å². The van der Waals surface area contributed by atoms with Gasteiger partial charge in [0.2, 0.25) is 11.8 Å². The Kier molecular flexibility index (Phi) is 4.74.